The number of rotatable bonds is 3. The summed E-state index contributed by atoms with van der Waals surface area (Å²) in [5.74, 6) is 0.522. The van der Waals surface area contributed by atoms with Gasteiger partial charge >= 0.3 is 0 Å². The molecular formula is C8H9Cl3Si. The van der Waals surface area contributed by atoms with Crippen LogP contribution in [0.25, 0.3) is 0 Å². The molecule has 0 unspecified atom stereocenters. The summed E-state index contributed by atoms with van der Waals surface area (Å²) in [6, 6.07) is 10.4. The van der Waals surface area contributed by atoms with E-state index < -0.39 is 6.69 Å². The van der Waals surface area contributed by atoms with Gasteiger partial charge in [0.05, 0.1) is 0 Å². The van der Waals surface area contributed by atoms with Crippen molar-refractivity contribution in [3.05, 3.63) is 30.3 Å². The first kappa shape index (κ1) is 10.4. The van der Waals surface area contributed by atoms with Crippen molar-refractivity contribution in [2.24, 2.45) is 0 Å². The summed E-state index contributed by atoms with van der Waals surface area (Å²) in [5.41, 5.74) is 0. The lowest BCUT2D eigenvalue weighted by atomic mass is 10.4. The molecule has 0 radical (unpaired) electrons. The van der Waals surface area contributed by atoms with Gasteiger partial charge in [0.1, 0.15) is 0 Å². The third-order valence-corrected chi connectivity index (χ3v) is 6.61. The van der Waals surface area contributed by atoms with Crippen molar-refractivity contribution in [3.8, 4) is 0 Å². The summed E-state index contributed by atoms with van der Waals surface area (Å²) < 4.78 is 0. The van der Waals surface area contributed by atoms with Crippen LogP contribution in [0.5, 0.6) is 0 Å². The normalized spacial score (nSPS) is 11.6. The Labute approximate surface area is 87.9 Å². The Morgan fingerprint density at radius 1 is 1.08 bits per heavy atom. The number of benzene rings is 1. The Balaban J connectivity index is 2.82. The van der Waals surface area contributed by atoms with Crippen molar-refractivity contribution in [2.75, 3.05) is 5.88 Å². The fourth-order valence-electron chi connectivity index (χ4n) is 0.945. The smallest absolute Gasteiger partial charge is 0.140 e. The molecule has 0 aliphatic rings. The quantitative estimate of drug-likeness (QED) is 0.432. The van der Waals surface area contributed by atoms with Crippen molar-refractivity contribution >= 4 is 45.6 Å². The Bertz CT molecular complexity index is 235. The van der Waals surface area contributed by atoms with Crippen LogP contribution in [0.4, 0.5) is 0 Å². The number of hydrogen-bond acceptors (Lipinski definition) is 0. The van der Waals surface area contributed by atoms with E-state index in [4.69, 9.17) is 33.8 Å². The predicted molar refractivity (Wildman–Crippen MR) is 59.1 cm³/mol. The molecule has 0 heterocycles. The molecule has 0 saturated heterocycles. The van der Waals surface area contributed by atoms with Crippen molar-refractivity contribution in [1.82, 2.24) is 0 Å². The van der Waals surface area contributed by atoms with Gasteiger partial charge in [-0.05, 0) is 11.2 Å². The van der Waals surface area contributed by atoms with E-state index in [1.54, 1.807) is 0 Å². The van der Waals surface area contributed by atoms with Crippen LogP contribution >= 0.6 is 33.8 Å². The van der Waals surface area contributed by atoms with Gasteiger partial charge in [-0.3, -0.25) is 0 Å². The van der Waals surface area contributed by atoms with Gasteiger partial charge in [-0.15, -0.1) is 33.8 Å². The van der Waals surface area contributed by atoms with Crippen LogP contribution in [-0.2, 0) is 0 Å². The van der Waals surface area contributed by atoms with Crippen molar-refractivity contribution in [1.29, 1.82) is 0 Å². The lowest BCUT2D eigenvalue weighted by Crippen LogP contribution is -2.36. The Morgan fingerprint density at radius 2 is 1.67 bits per heavy atom. The van der Waals surface area contributed by atoms with Gasteiger partial charge in [0.2, 0.25) is 0 Å². The van der Waals surface area contributed by atoms with Crippen molar-refractivity contribution < 1.29 is 0 Å². The first-order chi connectivity index (χ1) is 5.67. The van der Waals surface area contributed by atoms with Crippen LogP contribution in [-0.4, -0.2) is 12.6 Å². The van der Waals surface area contributed by atoms with Crippen molar-refractivity contribution in [2.45, 2.75) is 6.04 Å². The van der Waals surface area contributed by atoms with Gasteiger partial charge in [0, 0.05) is 5.88 Å². The van der Waals surface area contributed by atoms with E-state index in [-0.39, 0.29) is 0 Å². The number of halogens is 3. The molecule has 0 N–H and O–H groups in total. The molecule has 66 valence electrons. The summed E-state index contributed by atoms with van der Waals surface area (Å²) in [5, 5.41) is 1.04. The highest BCUT2D eigenvalue weighted by Crippen LogP contribution is 2.20. The average molecular weight is 240 g/mol. The highest BCUT2D eigenvalue weighted by Gasteiger charge is 2.29. The Hall–Kier alpha value is 0.307. The molecule has 1 aromatic carbocycles. The van der Waals surface area contributed by atoms with E-state index in [1.165, 1.54) is 0 Å². The van der Waals surface area contributed by atoms with E-state index in [0.29, 0.717) is 11.9 Å². The van der Waals surface area contributed by atoms with Crippen LogP contribution in [0.15, 0.2) is 30.3 Å². The SMILES string of the molecule is ClCC[Si](Cl)(Cl)c1ccccc1. The summed E-state index contributed by atoms with van der Waals surface area (Å²) in [4.78, 5) is 0. The van der Waals surface area contributed by atoms with Crippen LogP contribution in [0.1, 0.15) is 0 Å². The van der Waals surface area contributed by atoms with Crippen LogP contribution in [0.3, 0.4) is 0 Å². The molecule has 0 spiro atoms. The third-order valence-electron chi connectivity index (χ3n) is 1.60. The Morgan fingerprint density at radius 3 is 2.17 bits per heavy atom. The molecule has 4 heteroatoms. The monoisotopic (exact) mass is 238 g/mol. The molecule has 0 amide bonds. The molecule has 1 rings (SSSR count). The van der Waals surface area contributed by atoms with E-state index >= 15 is 0 Å². The standard InChI is InChI=1S/C8H9Cl3Si/c9-6-7-12(10,11)8-4-2-1-3-5-8/h1-5H,6-7H2. The molecule has 0 saturated carbocycles. The molecule has 12 heavy (non-hydrogen) atoms. The second-order valence-electron chi connectivity index (χ2n) is 2.51. The van der Waals surface area contributed by atoms with E-state index in [0.717, 1.165) is 5.19 Å². The number of hydrogen-bond donors (Lipinski definition) is 0. The Kier molecular flexibility index (Phi) is 3.91. The van der Waals surface area contributed by atoms with Gasteiger partial charge < -0.3 is 0 Å². The maximum Gasteiger partial charge on any atom is 0.282 e. The molecule has 0 aliphatic heterocycles. The van der Waals surface area contributed by atoms with Gasteiger partial charge in [-0.25, -0.2) is 0 Å². The fourth-order valence-corrected chi connectivity index (χ4v) is 4.90. The first-order valence-electron chi connectivity index (χ1n) is 3.66. The van der Waals surface area contributed by atoms with Crippen LogP contribution in [0.2, 0.25) is 6.04 Å². The maximum atomic E-state index is 6.18. The molecule has 0 bridgehead atoms. The van der Waals surface area contributed by atoms with Gasteiger partial charge in [0.25, 0.3) is 6.69 Å². The summed E-state index contributed by atoms with van der Waals surface area (Å²) in [6.45, 7) is -2.27. The van der Waals surface area contributed by atoms with E-state index in [1.807, 2.05) is 30.3 Å². The third kappa shape index (κ3) is 2.66. The summed E-state index contributed by atoms with van der Waals surface area (Å²) >= 11 is 18.0. The van der Waals surface area contributed by atoms with Crippen LogP contribution in [0, 0.1) is 0 Å². The highest BCUT2D eigenvalue weighted by atomic mass is 35.7. The first-order valence-corrected chi connectivity index (χ1v) is 8.42. The topological polar surface area (TPSA) is 0 Å². The zero-order valence-electron chi connectivity index (χ0n) is 6.43. The minimum atomic E-state index is -2.27. The minimum absolute atomic E-state index is 0.522. The molecule has 0 atom stereocenters. The van der Waals surface area contributed by atoms with E-state index in [2.05, 4.69) is 0 Å². The molecule has 1 aromatic rings. The lowest BCUT2D eigenvalue weighted by Gasteiger charge is -2.14. The van der Waals surface area contributed by atoms with Crippen LogP contribution < -0.4 is 5.19 Å². The van der Waals surface area contributed by atoms with Gasteiger partial charge in [-0.2, -0.15) is 0 Å². The predicted octanol–water partition coefficient (Wildman–Crippen LogP) is 3.05. The zero-order valence-corrected chi connectivity index (χ0v) is 9.70. The van der Waals surface area contributed by atoms with E-state index in [9.17, 15) is 0 Å². The zero-order chi connectivity index (χ0) is 9.03. The largest absolute Gasteiger partial charge is 0.282 e. The van der Waals surface area contributed by atoms with Gasteiger partial charge in [0.15, 0.2) is 0 Å². The fraction of sp³-hybridized carbons (Fsp3) is 0.250. The minimum Gasteiger partial charge on any atom is -0.140 e. The molecular weight excluding hydrogens is 231 g/mol. The molecule has 0 aliphatic carbocycles. The summed E-state index contributed by atoms with van der Waals surface area (Å²) in [7, 11) is 0. The second-order valence-corrected chi connectivity index (χ2v) is 9.83. The molecule has 0 nitrogen and oxygen atoms in total. The van der Waals surface area contributed by atoms with Crippen molar-refractivity contribution in [3.63, 3.8) is 0 Å². The molecule has 0 aromatic heterocycles. The highest BCUT2D eigenvalue weighted by molar-refractivity contribution is 7.51. The van der Waals surface area contributed by atoms with Gasteiger partial charge in [-0.1, -0.05) is 30.3 Å². The average Bonchev–Trinajstić information content (AvgIpc) is 2.06. The summed E-state index contributed by atoms with van der Waals surface area (Å²) in [6.07, 6.45) is 0. The number of alkyl halides is 1. The second kappa shape index (κ2) is 4.52. The molecule has 0 fully saturated rings. The lowest BCUT2D eigenvalue weighted by molar-refractivity contribution is 1.45. The maximum absolute atomic E-state index is 6.18.